The second kappa shape index (κ2) is 9.37. The van der Waals surface area contributed by atoms with Crippen LogP contribution >= 0.6 is 0 Å². The van der Waals surface area contributed by atoms with Gasteiger partial charge in [-0.3, -0.25) is 0 Å². The number of aliphatic hydroxyl groups is 1. The summed E-state index contributed by atoms with van der Waals surface area (Å²) < 4.78 is 2.51. The number of aromatic nitrogens is 2. The molecule has 2 saturated heterocycles. The number of β-amino-alcohol motifs (C(OH)–C–C–N with tert-alkyl or cyclic N) is 1. The minimum atomic E-state index is -0.256. The first kappa shape index (κ1) is 20.5. The van der Waals surface area contributed by atoms with Crippen molar-refractivity contribution < 1.29 is 5.11 Å². The summed E-state index contributed by atoms with van der Waals surface area (Å²) in [5.41, 5.74) is 2.35. The lowest BCUT2D eigenvalue weighted by atomic mass is 9.90. The third-order valence-corrected chi connectivity index (χ3v) is 7.71. The van der Waals surface area contributed by atoms with Gasteiger partial charge in [-0.25, -0.2) is 4.98 Å². The van der Waals surface area contributed by atoms with Crippen molar-refractivity contribution in [3.63, 3.8) is 0 Å². The van der Waals surface area contributed by atoms with Crippen molar-refractivity contribution in [2.75, 3.05) is 26.2 Å². The summed E-state index contributed by atoms with van der Waals surface area (Å²) in [6, 6.07) is 9.24. The molecule has 0 spiro atoms. The molecule has 1 saturated carbocycles. The van der Waals surface area contributed by atoms with Crippen LogP contribution in [-0.4, -0.2) is 51.8 Å². The van der Waals surface area contributed by atoms with Gasteiger partial charge < -0.3 is 19.9 Å². The molecule has 164 valence electrons. The van der Waals surface area contributed by atoms with E-state index in [4.69, 9.17) is 4.98 Å². The van der Waals surface area contributed by atoms with E-state index in [1.54, 1.807) is 0 Å². The van der Waals surface area contributed by atoms with Crippen LogP contribution in [0.4, 0.5) is 0 Å². The van der Waals surface area contributed by atoms with Crippen molar-refractivity contribution in [2.45, 2.75) is 82.4 Å². The topological polar surface area (TPSA) is 53.3 Å². The van der Waals surface area contributed by atoms with E-state index < -0.39 is 0 Å². The highest BCUT2D eigenvalue weighted by Gasteiger charge is 2.32. The maximum Gasteiger partial charge on any atom is 0.127 e. The van der Waals surface area contributed by atoms with Crippen LogP contribution in [-0.2, 0) is 0 Å². The van der Waals surface area contributed by atoms with E-state index in [2.05, 4.69) is 39.0 Å². The Morgan fingerprint density at radius 2 is 1.70 bits per heavy atom. The third kappa shape index (κ3) is 4.44. The van der Waals surface area contributed by atoms with E-state index in [1.807, 2.05) is 0 Å². The molecule has 30 heavy (non-hydrogen) atoms. The van der Waals surface area contributed by atoms with Gasteiger partial charge >= 0.3 is 0 Å². The third-order valence-electron chi connectivity index (χ3n) is 7.71. The van der Waals surface area contributed by atoms with Gasteiger partial charge in [0, 0.05) is 32.2 Å². The van der Waals surface area contributed by atoms with Crippen LogP contribution in [0.2, 0.25) is 0 Å². The number of aliphatic hydroxyl groups excluding tert-OH is 1. The van der Waals surface area contributed by atoms with Crippen LogP contribution in [0.3, 0.4) is 0 Å². The van der Waals surface area contributed by atoms with E-state index in [1.165, 1.54) is 82.9 Å². The molecule has 0 unspecified atom stereocenters. The van der Waals surface area contributed by atoms with Gasteiger partial charge in [0.05, 0.1) is 23.2 Å². The molecule has 5 rings (SSSR count). The number of hydrogen-bond acceptors (Lipinski definition) is 4. The summed E-state index contributed by atoms with van der Waals surface area (Å²) in [4.78, 5) is 7.75. The van der Waals surface area contributed by atoms with Crippen LogP contribution in [0, 0.1) is 5.92 Å². The highest BCUT2D eigenvalue weighted by molar-refractivity contribution is 5.76. The summed E-state index contributed by atoms with van der Waals surface area (Å²) in [6.45, 7) is 4.38. The summed E-state index contributed by atoms with van der Waals surface area (Å²) in [6.07, 6.45) is 13.0. The normalized spacial score (nSPS) is 28.0. The van der Waals surface area contributed by atoms with Crippen LogP contribution in [0.1, 0.15) is 82.1 Å². The zero-order valence-electron chi connectivity index (χ0n) is 18.3. The number of para-hydroxylation sites is 2. The highest BCUT2D eigenvalue weighted by Crippen LogP contribution is 2.34. The summed E-state index contributed by atoms with van der Waals surface area (Å²) in [5.74, 6) is 2.04. The van der Waals surface area contributed by atoms with Gasteiger partial charge in [-0.1, -0.05) is 44.2 Å². The van der Waals surface area contributed by atoms with Gasteiger partial charge in [-0.15, -0.1) is 0 Å². The Morgan fingerprint density at radius 1 is 0.967 bits per heavy atom. The van der Waals surface area contributed by atoms with Crippen molar-refractivity contribution in [3.05, 3.63) is 30.1 Å². The largest absolute Gasteiger partial charge is 0.392 e. The number of benzene rings is 1. The van der Waals surface area contributed by atoms with Gasteiger partial charge in [0.15, 0.2) is 0 Å². The van der Waals surface area contributed by atoms with Crippen LogP contribution < -0.4 is 5.32 Å². The molecule has 3 aliphatic rings. The molecule has 2 aliphatic heterocycles. The summed E-state index contributed by atoms with van der Waals surface area (Å²) in [7, 11) is 0. The fourth-order valence-electron chi connectivity index (χ4n) is 6.05. The molecular formula is C25H38N4O. The molecular weight excluding hydrogens is 372 g/mol. The van der Waals surface area contributed by atoms with E-state index in [0.717, 1.165) is 23.7 Å². The van der Waals surface area contributed by atoms with Crippen molar-refractivity contribution in [3.8, 4) is 0 Å². The Hall–Kier alpha value is -1.43. The molecule has 3 heterocycles. The Bertz CT molecular complexity index is 818. The molecule has 2 N–H and O–H groups in total. The number of hydrogen-bond donors (Lipinski definition) is 2. The number of nitrogens with one attached hydrogen (secondary N) is 1. The highest BCUT2D eigenvalue weighted by atomic mass is 16.3. The number of imidazole rings is 1. The van der Waals surface area contributed by atoms with Crippen molar-refractivity contribution in [2.24, 2.45) is 5.92 Å². The summed E-state index contributed by atoms with van der Waals surface area (Å²) >= 11 is 0. The van der Waals surface area contributed by atoms with Crippen molar-refractivity contribution >= 4 is 11.0 Å². The van der Waals surface area contributed by atoms with E-state index in [0.29, 0.717) is 12.6 Å². The predicted octanol–water partition coefficient (Wildman–Crippen LogP) is 4.43. The van der Waals surface area contributed by atoms with E-state index in [9.17, 15) is 5.11 Å². The monoisotopic (exact) mass is 410 g/mol. The van der Waals surface area contributed by atoms with Gasteiger partial charge in [-0.2, -0.15) is 0 Å². The molecule has 5 heteroatoms. The minimum Gasteiger partial charge on any atom is -0.392 e. The maximum atomic E-state index is 10.1. The number of fused-ring (bicyclic) bond motifs is 1. The molecule has 0 radical (unpaired) electrons. The molecule has 1 aromatic heterocycles. The quantitative estimate of drug-likeness (QED) is 0.783. The molecule has 2 atom stereocenters. The number of likely N-dealkylation sites (tertiary alicyclic amines) is 1. The lowest BCUT2D eigenvalue weighted by Gasteiger charge is -2.36. The van der Waals surface area contributed by atoms with Crippen molar-refractivity contribution in [1.82, 2.24) is 19.8 Å². The number of piperidine rings is 1. The molecule has 0 bridgehead atoms. The smallest absolute Gasteiger partial charge is 0.127 e. The minimum absolute atomic E-state index is 0.167. The van der Waals surface area contributed by atoms with Gasteiger partial charge in [-0.05, 0) is 50.2 Å². The average Bonchev–Trinajstić information content (AvgIpc) is 3.34. The fraction of sp³-hybridized carbons (Fsp3) is 0.720. The van der Waals surface area contributed by atoms with E-state index >= 15 is 0 Å². The molecule has 2 aromatic rings. The first-order chi connectivity index (χ1) is 14.8. The molecule has 1 aliphatic carbocycles. The lowest BCUT2D eigenvalue weighted by molar-refractivity contribution is 0.151. The number of rotatable bonds is 4. The zero-order chi connectivity index (χ0) is 20.3. The second-order valence-corrected chi connectivity index (χ2v) is 9.92. The predicted molar refractivity (Wildman–Crippen MR) is 122 cm³/mol. The maximum absolute atomic E-state index is 10.1. The Kier molecular flexibility index (Phi) is 6.40. The molecule has 0 amide bonds. The lowest BCUT2D eigenvalue weighted by Crippen LogP contribution is -2.38. The van der Waals surface area contributed by atoms with Crippen LogP contribution in [0.5, 0.6) is 0 Å². The average molecular weight is 411 g/mol. The Morgan fingerprint density at radius 3 is 2.43 bits per heavy atom. The van der Waals surface area contributed by atoms with Crippen molar-refractivity contribution in [1.29, 1.82) is 0 Å². The number of nitrogens with zero attached hydrogens (tertiary/aromatic N) is 3. The zero-order valence-corrected chi connectivity index (χ0v) is 18.3. The standard InChI is InChI=1S/C25H38N4O/c30-21-16-23(26-17-21)25-27-22-10-6-7-11-24(22)29(25)20-12-14-28(15-13-20)18-19-8-4-2-1-3-5-9-19/h6-7,10-11,19-21,23,26,30H,1-5,8-9,12-18H2/t21-,23+/m1/s1. The van der Waals surface area contributed by atoms with Gasteiger partial charge in [0.2, 0.25) is 0 Å². The SMILES string of the molecule is O[C@H]1CN[C@H](c2nc3ccccc3n2C2CCN(CC3CCCCCCC3)CC2)C1. The summed E-state index contributed by atoms with van der Waals surface area (Å²) in [5, 5.41) is 13.6. The molecule has 1 aromatic carbocycles. The molecule has 3 fully saturated rings. The van der Waals surface area contributed by atoms with Gasteiger partial charge in [0.25, 0.3) is 0 Å². The van der Waals surface area contributed by atoms with Crippen LogP contribution in [0.15, 0.2) is 24.3 Å². The van der Waals surface area contributed by atoms with Gasteiger partial charge in [0.1, 0.15) is 5.82 Å². The molecule has 5 nitrogen and oxygen atoms in total. The second-order valence-electron chi connectivity index (χ2n) is 9.92. The first-order valence-corrected chi connectivity index (χ1v) is 12.4. The van der Waals surface area contributed by atoms with Crippen LogP contribution in [0.25, 0.3) is 11.0 Å². The fourth-order valence-corrected chi connectivity index (χ4v) is 6.05. The Labute approximate surface area is 180 Å². The Balaban J connectivity index is 1.28. The first-order valence-electron chi connectivity index (χ1n) is 12.4. The van der Waals surface area contributed by atoms with E-state index in [-0.39, 0.29) is 12.1 Å².